The first-order valence-corrected chi connectivity index (χ1v) is 9.99. The van der Waals surface area contributed by atoms with Crippen molar-refractivity contribution >= 4 is 11.8 Å². The lowest BCUT2D eigenvalue weighted by Gasteiger charge is -2.49. The Balaban J connectivity index is 1.96. The molecule has 5 atom stereocenters. The molecule has 1 saturated heterocycles. The molecule has 0 bridgehead atoms. The molecule has 0 aromatic carbocycles. The van der Waals surface area contributed by atoms with Gasteiger partial charge in [0.2, 0.25) is 0 Å². The van der Waals surface area contributed by atoms with E-state index in [2.05, 4.69) is 49.0 Å². The zero-order chi connectivity index (χ0) is 14.5. The summed E-state index contributed by atoms with van der Waals surface area (Å²) in [4.78, 5) is 2.86. The average Bonchev–Trinajstić information content (AvgIpc) is 2.49. The summed E-state index contributed by atoms with van der Waals surface area (Å²) in [6.07, 6.45) is 10.6. The van der Waals surface area contributed by atoms with E-state index in [1.54, 1.807) is 0 Å². The maximum atomic E-state index is 3.77. The van der Waals surface area contributed by atoms with Gasteiger partial charge in [0.1, 0.15) is 0 Å². The van der Waals surface area contributed by atoms with Gasteiger partial charge in [0.05, 0.1) is 0 Å². The molecular weight excluding hydrogens is 264 g/mol. The summed E-state index contributed by atoms with van der Waals surface area (Å²) in [7, 11) is 0. The number of hydrogen-bond donors (Lipinski definition) is 1. The molecule has 2 fully saturated rings. The van der Waals surface area contributed by atoms with E-state index in [1.807, 2.05) is 0 Å². The Bertz CT molecular complexity index is 284. The van der Waals surface area contributed by atoms with Crippen molar-refractivity contribution in [3.8, 4) is 0 Å². The van der Waals surface area contributed by atoms with Gasteiger partial charge in [0.15, 0.2) is 0 Å². The topological polar surface area (TPSA) is 15.3 Å². The molecule has 118 valence electrons. The lowest BCUT2D eigenvalue weighted by atomic mass is 9.83. The summed E-state index contributed by atoms with van der Waals surface area (Å²) in [5.74, 6) is 0.778. The Labute approximate surface area is 130 Å². The molecule has 0 amide bonds. The number of hydrogen-bond acceptors (Lipinski definition) is 3. The van der Waals surface area contributed by atoms with Gasteiger partial charge in [-0.05, 0) is 51.3 Å². The molecule has 1 aliphatic carbocycles. The third-order valence-electron chi connectivity index (χ3n) is 5.67. The predicted molar refractivity (Wildman–Crippen MR) is 91.6 cm³/mol. The minimum Gasteiger partial charge on any atom is -0.314 e. The predicted octanol–water partition coefficient (Wildman–Crippen LogP) is 3.76. The van der Waals surface area contributed by atoms with Gasteiger partial charge in [-0.2, -0.15) is 11.8 Å². The second kappa shape index (κ2) is 8.05. The van der Waals surface area contributed by atoms with E-state index in [1.165, 1.54) is 51.6 Å². The number of likely N-dealkylation sites (tertiary alicyclic amines) is 1. The van der Waals surface area contributed by atoms with Crippen molar-refractivity contribution in [2.24, 2.45) is 5.92 Å². The summed E-state index contributed by atoms with van der Waals surface area (Å²) in [6, 6.07) is 2.30. The summed E-state index contributed by atoms with van der Waals surface area (Å²) >= 11 is 2.11. The highest BCUT2D eigenvalue weighted by molar-refractivity contribution is 7.99. The number of nitrogens with zero attached hydrogens (tertiary/aromatic N) is 1. The van der Waals surface area contributed by atoms with Crippen molar-refractivity contribution in [1.29, 1.82) is 0 Å². The SMILES string of the molecule is CCCNC1CCN(C2CCCCC2SC)C(C)C1C. The molecule has 2 rings (SSSR count). The Morgan fingerprint density at radius 1 is 1.15 bits per heavy atom. The lowest BCUT2D eigenvalue weighted by Crippen LogP contribution is -2.58. The quantitative estimate of drug-likeness (QED) is 0.832. The van der Waals surface area contributed by atoms with Crippen LogP contribution in [-0.4, -0.2) is 47.6 Å². The van der Waals surface area contributed by atoms with E-state index in [9.17, 15) is 0 Å². The minimum absolute atomic E-state index is 0.732. The van der Waals surface area contributed by atoms with Gasteiger partial charge in [-0.1, -0.05) is 26.7 Å². The molecule has 20 heavy (non-hydrogen) atoms. The fourth-order valence-electron chi connectivity index (χ4n) is 4.21. The molecule has 1 heterocycles. The average molecular weight is 299 g/mol. The number of rotatable bonds is 5. The van der Waals surface area contributed by atoms with Crippen LogP contribution in [0.1, 0.15) is 59.3 Å². The molecule has 2 nitrogen and oxygen atoms in total. The first-order chi connectivity index (χ1) is 9.69. The molecule has 1 saturated carbocycles. The second-order valence-corrected chi connectivity index (χ2v) is 7.89. The van der Waals surface area contributed by atoms with Crippen LogP contribution in [0.5, 0.6) is 0 Å². The normalized spacial score (nSPS) is 39.9. The van der Waals surface area contributed by atoms with Gasteiger partial charge < -0.3 is 5.32 Å². The highest BCUT2D eigenvalue weighted by Crippen LogP contribution is 2.35. The lowest BCUT2D eigenvalue weighted by molar-refractivity contribution is 0.0349. The first kappa shape index (κ1) is 16.6. The van der Waals surface area contributed by atoms with Gasteiger partial charge in [0, 0.05) is 29.9 Å². The number of thioether (sulfide) groups is 1. The van der Waals surface area contributed by atoms with Crippen LogP contribution in [0.3, 0.4) is 0 Å². The van der Waals surface area contributed by atoms with Gasteiger partial charge in [-0.25, -0.2) is 0 Å². The van der Waals surface area contributed by atoms with Crippen LogP contribution in [-0.2, 0) is 0 Å². The minimum atomic E-state index is 0.732. The number of nitrogens with one attached hydrogen (secondary N) is 1. The van der Waals surface area contributed by atoms with E-state index in [0.717, 1.165) is 29.3 Å². The van der Waals surface area contributed by atoms with Crippen molar-refractivity contribution < 1.29 is 0 Å². The van der Waals surface area contributed by atoms with Crippen LogP contribution in [0.25, 0.3) is 0 Å². The molecule has 5 unspecified atom stereocenters. The second-order valence-electron chi connectivity index (χ2n) is 6.81. The molecule has 3 heteroatoms. The Morgan fingerprint density at radius 3 is 2.60 bits per heavy atom. The fourth-order valence-corrected chi connectivity index (χ4v) is 5.22. The third kappa shape index (κ3) is 3.72. The van der Waals surface area contributed by atoms with E-state index in [0.29, 0.717) is 0 Å². The van der Waals surface area contributed by atoms with E-state index in [-0.39, 0.29) is 0 Å². The van der Waals surface area contributed by atoms with Gasteiger partial charge in [0.25, 0.3) is 0 Å². The fraction of sp³-hybridized carbons (Fsp3) is 1.00. The molecule has 0 spiro atoms. The molecule has 0 aromatic heterocycles. The molecule has 0 radical (unpaired) electrons. The van der Waals surface area contributed by atoms with Crippen molar-refractivity contribution in [3.63, 3.8) is 0 Å². The van der Waals surface area contributed by atoms with Crippen LogP contribution < -0.4 is 5.32 Å². The molecule has 1 aliphatic heterocycles. The highest BCUT2D eigenvalue weighted by atomic mass is 32.2. The standard InChI is InChI=1S/C17H34N2S/c1-5-11-18-15-10-12-19(14(3)13(15)2)16-8-6-7-9-17(16)20-4/h13-18H,5-12H2,1-4H3. The maximum Gasteiger partial charge on any atom is 0.0217 e. The third-order valence-corrected chi connectivity index (χ3v) is 6.83. The van der Waals surface area contributed by atoms with Crippen molar-refractivity contribution in [2.75, 3.05) is 19.3 Å². The molecular formula is C17H34N2S. The molecule has 2 aliphatic rings. The molecule has 1 N–H and O–H groups in total. The monoisotopic (exact) mass is 298 g/mol. The summed E-state index contributed by atoms with van der Waals surface area (Å²) in [6.45, 7) is 9.67. The Morgan fingerprint density at radius 2 is 1.90 bits per heavy atom. The summed E-state index contributed by atoms with van der Waals surface area (Å²) < 4.78 is 0. The van der Waals surface area contributed by atoms with Crippen molar-refractivity contribution in [1.82, 2.24) is 10.2 Å². The Kier molecular flexibility index (Phi) is 6.70. The van der Waals surface area contributed by atoms with Crippen molar-refractivity contribution in [2.45, 2.75) is 82.7 Å². The first-order valence-electron chi connectivity index (χ1n) is 8.71. The molecule has 0 aromatic rings. The van der Waals surface area contributed by atoms with E-state index >= 15 is 0 Å². The van der Waals surface area contributed by atoms with Crippen molar-refractivity contribution in [3.05, 3.63) is 0 Å². The Hall–Kier alpha value is 0.270. The van der Waals surface area contributed by atoms with E-state index < -0.39 is 0 Å². The van der Waals surface area contributed by atoms with Crippen LogP contribution in [0, 0.1) is 5.92 Å². The largest absolute Gasteiger partial charge is 0.314 e. The summed E-state index contributed by atoms with van der Waals surface area (Å²) in [5, 5.41) is 4.64. The zero-order valence-electron chi connectivity index (χ0n) is 13.9. The van der Waals surface area contributed by atoms with Crippen LogP contribution in [0.15, 0.2) is 0 Å². The highest BCUT2D eigenvalue weighted by Gasteiger charge is 2.38. The van der Waals surface area contributed by atoms with Crippen LogP contribution in [0.4, 0.5) is 0 Å². The van der Waals surface area contributed by atoms with Gasteiger partial charge >= 0.3 is 0 Å². The van der Waals surface area contributed by atoms with Gasteiger partial charge in [-0.3, -0.25) is 4.90 Å². The van der Waals surface area contributed by atoms with Crippen LogP contribution in [0.2, 0.25) is 0 Å². The van der Waals surface area contributed by atoms with E-state index in [4.69, 9.17) is 0 Å². The number of piperidine rings is 1. The van der Waals surface area contributed by atoms with Gasteiger partial charge in [-0.15, -0.1) is 0 Å². The maximum absolute atomic E-state index is 3.77. The summed E-state index contributed by atoms with van der Waals surface area (Å²) in [5.41, 5.74) is 0. The van der Waals surface area contributed by atoms with Crippen LogP contribution >= 0.6 is 11.8 Å². The smallest absolute Gasteiger partial charge is 0.0217 e. The zero-order valence-corrected chi connectivity index (χ0v) is 14.7.